The highest BCUT2D eigenvalue weighted by Gasteiger charge is 2.36. The van der Waals surface area contributed by atoms with E-state index in [0.29, 0.717) is 19.3 Å². The number of ether oxygens (including phenoxy) is 1. The van der Waals surface area contributed by atoms with Crippen molar-refractivity contribution >= 4 is 5.97 Å². The van der Waals surface area contributed by atoms with Gasteiger partial charge in [0.05, 0.1) is 13.2 Å². The minimum absolute atomic E-state index is 0.347. The molecule has 0 aromatic heterocycles. The molecule has 18 heavy (non-hydrogen) atoms. The van der Waals surface area contributed by atoms with Crippen LogP contribution in [0.5, 0.6) is 0 Å². The quantitative estimate of drug-likeness (QED) is 0.838. The van der Waals surface area contributed by atoms with Crippen molar-refractivity contribution in [3.05, 3.63) is 0 Å². The Kier molecular flexibility index (Phi) is 4.62. The normalized spacial score (nSPS) is 34.7. The summed E-state index contributed by atoms with van der Waals surface area (Å²) in [4.78, 5) is 13.4. The summed E-state index contributed by atoms with van der Waals surface area (Å²) in [5, 5.41) is 9.26. The van der Waals surface area contributed by atoms with Crippen LogP contribution in [-0.2, 0) is 9.53 Å². The molecular weight excluding hydrogens is 230 g/mol. The number of hydrogen-bond acceptors (Lipinski definition) is 3. The van der Waals surface area contributed by atoms with Gasteiger partial charge in [-0.25, -0.2) is 0 Å². The van der Waals surface area contributed by atoms with Gasteiger partial charge in [0.1, 0.15) is 6.04 Å². The second-order valence-electron chi connectivity index (χ2n) is 5.98. The highest BCUT2D eigenvalue weighted by molar-refractivity contribution is 5.73. The predicted octanol–water partition coefficient (Wildman–Crippen LogP) is 1.99. The molecule has 1 heterocycles. The van der Waals surface area contributed by atoms with Gasteiger partial charge in [0.15, 0.2) is 0 Å². The maximum atomic E-state index is 11.3. The van der Waals surface area contributed by atoms with Crippen LogP contribution in [0.2, 0.25) is 0 Å². The number of carboxylic acid groups (broad SMARTS) is 1. The van der Waals surface area contributed by atoms with Gasteiger partial charge in [-0.1, -0.05) is 13.8 Å². The Morgan fingerprint density at radius 3 is 2.50 bits per heavy atom. The lowest BCUT2D eigenvalue weighted by Gasteiger charge is -2.42. The fourth-order valence-electron chi connectivity index (χ4n) is 3.37. The maximum Gasteiger partial charge on any atom is 0.323 e. The second-order valence-corrected chi connectivity index (χ2v) is 5.98. The van der Waals surface area contributed by atoms with Crippen molar-refractivity contribution in [2.75, 3.05) is 19.8 Å². The lowest BCUT2D eigenvalue weighted by atomic mass is 9.79. The van der Waals surface area contributed by atoms with Crippen molar-refractivity contribution in [1.82, 2.24) is 4.90 Å². The molecule has 2 rings (SSSR count). The van der Waals surface area contributed by atoms with Gasteiger partial charge in [0.25, 0.3) is 0 Å². The van der Waals surface area contributed by atoms with Gasteiger partial charge in [0, 0.05) is 12.6 Å². The van der Waals surface area contributed by atoms with Crippen LogP contribution >= 0.6 is 0 Å². The minimum Gasteiger partial charge on any atom is -0.480 e. The first kappa shape index (κ1) is 13.8. The van der Waals surface area contributed by atoms with Gasteiger partial charge >= 0.3 is 5.97 Å². The monoisotopic (exact) mass is 255 g/mol. The molecular formula is C14H25NO3. The summed E-state index contributed by atoms with van der Waals surface area (Å²) >= 11 is 0. The van der Waals surface area contributed by atoms with Crippen molar-refractivity contribution in [2.45, 2.75) is 51.6 Å². The second kappa shape index (κ2) is 6.02. The van der Waals surface area contributed by atoms with E-state index in [1.165, 1.54) is 12.8 Å². The van der Waals surface area contributed by atoms with E-state index in [4.69, 9.17) is 4.74 Å². The number of morpholine rings is 1. The van der Waals surface area contributed by atoms with Crippen molar-refractivity contribution in [2.24, 2.45) is 11.8 Å². The van der Waals surface area contributed by atoms with Crippen molar-refractivity contribution in [1.29, 1.82) is 0 Å². The van der Waals surface area contributed by atoms with Gasteiger partial charge in [-0.05, 0) is 37.5 Å². The van der Waals surface area contributed by atoms with Gasteiger partial charge in [-0.3, -0.25) is 9.69 Å². The van der Waals surface area contributed by atoms with Gasteiger partial charge < -0.3 is 9.84 Å². The molecule has 1 atom stereocenters. The first-order valence-electron chi connectivity index (χ1n) is 7.16. The summed E-state index contributed by atoms with van der Waals surface area (Å²) in [7, 11) is 0. The molecule has 104 valence electrons. The van der Waals surface area contributed by atoms with Crippen molar-refractivity contribution in [3.8, 4) is 0 Å². The Labute approximate surface area is 109 Å². The Morgan fingerprint density at radius 1 is 1.28 bits per heavy atom. The zero-order valence-corrected chi connectivity index (χ0v) is 11.5. The average molecular weight is 255 g/mol. The van der Waals surface area contributed by atoms with Crippen LogP contribution in [0.1, 0.15) is 39.5 Å². The molecule has 1 saturated heterocycles. The standard InChI is InChI=1S/C14H25NO3/c1-10(2)11-3-5-12(6-4-11)15-7-8-18-9-13(15)14(16)17/h10-13H,3-9H2,1-2H3,(H,16,17). The van der Waals surface area contributed by atoms with E-state index in [1.807, 2.05) is 0 Å². The lowest BCUT2D eigenvalue weighted by molar-refractivity contribution is -0.152. The van der Waals surface area contributed by atoms with Crippen LogP contribution in [0, 0.1) is 11.8 Å². The van der Waals surface area contributed by atoms with Crippen molar-refractivity contribution < 1.29 is 14.6 Å². The number of nitrogens with zero attached hydrogens (tertiary/aromatic N) is 1. The number of hydrogen-bond donors (Lipinski definition) is 1. The third-order valence-electron chi connectivity index (χ3n) is 4.61. The predicted molar refractivity (Wildman–Crippen MR) is 69.5 cm³/mol. The molecule has 0 aromatic rings. The summed E-state index contributed by atoms with van der Waals surface area (Å²) in [6.45, 7) is 6.38. The topological polar surface area (TPSA) is 49.8 Å². The molecule has 0 bridgehead atoms. The molecule has 2 fully saturated rings. The van der Waals surface area contributed by atoms with E-state index in [9.17, 15) is 9.90 Å². The van der Waals surface area contributed by atoms with E-state index in [2.05, 4.69) is 18.7 Å². The third-order valence-corrected chi connectivity index (χ3v) is 4.61. The Bertz CT molecular complexity index is 285. The fraction of sp³-hybridized carbons (Fsp3) is 0.929. The first-order valence-corrected chi connectivity index (χ1v) is 7.16. The maximum absolute atomic E-state index is 11.3. The molecule has 1 saturated carbocycles. The van der Waals surface area contributed by atoms with Gasteiger partial charge in [0.2, 0.25) is 0 Å². The Morgan fingerprint density at radius 2 is 1.94 bits per heavy atom. The van der Waals surface area contributed by atoms with Crippen LogP contribution in [0.15, 0.2) is 0 Å². The molecule has 2 aliphatic rings. The average Bonchev–Trinajstić information content (AvgIpc) is 2.39. The Hall–Kier alpha value is -0.610. The molecule has 4 nitrogen and oxygen atoms in total. The van der Waals surface area contributed by atoms with Crippen molar-refractivity contribution in [3.63, 3.8) is 0 Å². The van der Waals surface area contributed by atoms with Crippen LogP contribution < -0.4 is 0 Å². The molecule has 4 heteroatoms. The molecule has 0 radical (unpaired) electrons. The molecule has 1 unspecified atom stereocenters. The molecule has 1 aliphatic carbocycles. The van der Waals surface area contributed by atoms with Crippen LogP contribution in [0.25, 0.3) is 0 Å². The first-order chi connectivity index (χ1) is 8.59. The summed E-state index contributed by atoms with van der Waals surface area (Å²) in [5.74, 6) is 0.845. The highest BCUT2D eigenvalue weighted by Crippen LogP contribution is 2.33. The SMILES string of the molecule is CC(C)C1CCC(N2CCOCC2C(=O)O)CC1. The molecule has 1 N–H and O–H groups in total. The van der Waals surface area contributed by atoms with Crippen LogP contribution in [-0.4, -0.2) is 47.8 Å². The van der Waals surface area contributed by atoms with E-state index in [1.54, 1.807) is 0 Å². The van der Waals surface area contributed by atoms with E-state index < -0.39 is 12.0 Å². The number of carbonyl (C=O) groups is 1. The largest absolute Gasteiger partial charge is 0.480 e. The van der Waals surface area contributed by atoms with Gasteiger partial charge in [-0.2, -0.15) is 0 Å². The zero-order chi connectivity index (χ0) is 13.1. The molecule has 0 spiro atoms. The van der Waals surface area contributed by atoms with Gasteiger partial charge in [-0.15, -0.1) is 0 Å². The fourth-order valence-corrected chi connectivity index (χ4v) is 3.37. The summed E-state index contributed by atoms with van der Waals surface area (Å²) in [6, 6.07) is 0.0179. The van der Waals surface area contributed by atoms with Crippen LogP contribution in [0.3, 0.4) is 0 Å². The smallest absolute Gasteiger partial charge is 0.323 e. The number of carboxylic acids is 1. The zero-order valence-electron chi connectivity index (χ0n) is 11.5. The van der Waals surface area contributed by atoms with E-state index in [0.717, 1.165) is 31.2 Å². The molecule has 1 aliphatic heterocycles. The molecule has 0 aromatic carbocycles. The van der Waals surface area contributed by atoms with E-state index in [-0.39, 0.29) is 0 Å². The molecule has 0 amide bonds. The lowest BCUT2D eigenvalue weighted by Crippen LogP contribution is -2.55. The van der Waals surface area contributed by atoms with E-state index >= 15 is 0 Å². The minimum atomic E-state index is -0.735. The third kappa shape index (κ3) is 3.04. The summed E-state index contributed by atoms with van der Waals surface area (Å²) < 4.78 is 5.30. The Balaban J connectivity index is 1.93. The summed E-state index contributed by atoms with van der Waals surface area (Å²) in [5.41, 5.74) is 0. The number of rotatable bonds is 3. The number of aliphatic carboxylic acids is 1. The highest BCUT2D eigenvalue weighted by atomic mass is 16.5. The summed E-state index contributed by atoms with van der Waals surface area (Å²) in [6.07, 6.45) is 4.78. The van der Waals surface area contributed by atoms with Crippen LogP contribution in [0.4, 0.5) is 0 Å².